The number of para-hydroxylation sites is 1. The highest BCUT2D eigenvalue weighted by atomic mass is 35.5. The number of hydrogen-bond acceptors (Lipinski definition) is 3. The quantitative estimate of drug-likeness (QED) is 0.888. The third-order valence-corrected chi connectivity index (χ3v) is 3.67. The highest BCUT2D eigenvalue weighted by Gasteiger charge is 2.17. The minimum Gasteiger partial charge on any atom is -0.327 e. The summed E-state index contributed by atoms with van der Waals surface area (Å²) in [6, 6.07) is 7.51. The van der Waals surface area contributed by atoms with Gasteiger partial charge in [-0.3, -0.25) is 4.79 Å². The first-order chi connectivity index (χ1) is 9.15. The molecule has 1 saturated heterocycles. The molecule has 1 aliphatic heterocycles. The molecule has 3 N–H and O–H groups in total. The summed E-state index contributed by atoms with van der Waals surface area (Å²) < 4.78 is 0. The summed E-state index contributed by atoms with van der Waals surface area (Å²) in [5.74, 6) is -0.00718. The minimum atomic E-state index is -0.00718. The van der Waals surface area contributed by atoms with E-state index >= 15 is 0 Å². The van der Waals surface area contributed by atoms with Gasteiger partial charge in [0.15, 0.2) is 0 Å². The van der Waals surface area contributed by atoms with Crippen molar-refractivity contribution in [1.29, 1.82) is 0 Å². The Morgan fingerprint density at radius 1 is 1.47 bits per heavy atom. The van der Waals surface area contributed by atoms with Crippen molar-refractivity contribution >= 4 is 23.2 Å². The molecule has 5 heteroatoms. The maximum absolute atomic E-state index is 11.9. The van der Waals surface area contributed by atoms with Crippen LogP contribution in [0.4, 0.5) is 5.69 Å². The number of nitrogens with zero attached hydrogens (tertiary/aromatic N) is 1. The standard InChI is InChI=1S/C14H20ClN3O/c15-12-5-1-2-6-13(12)17-14(19)7-9-18-8-3-4-11(16)10-18/h1-2,5-6,11H,3-4,7-10,16H2,(H,17,19). The maximum atomic E-state index is 11.9. The highest BCUT2D eigenvalue weighted by Crippen LogP contribution is 2.20. The molecule has 2 rings (SSSR count). The summed E-state index contributed by atoms with van der Waals surface area (Å²) in [5.41, 5.74) is 6.59. The number of halogens is 1. The van der Waals surface area contributed by atoms with Gasteiger partial charge >= 0.3 is 0 Å². The summed E-state index contributed by atoms with van der Waals surface area (Å²) in [6.45, 7) is 2.68. The van der Waals surface area contributed by atoms with Gasteiger partial charge in [0.25, 0.3) is 0 Å². The number of carbonyl (C=O) groups excluding carboxylic acids is 1. The number of piperidine rings is 1. The van der Waals surface area contributed by atoms with Gasteiger partial charge in [0, 0.05) is 25.6 Å². The van der Waals surface area contributed by atoms with E-state index < -0.39 is 0 Å². The second kappa shape index (κ2) is 6.89. The number of nitrogens with one attached hydrogen (secondary N) is 1. The SMILES string of the molecule is NC1CCCN(CCC(=O)Nc2ccccc2Cl)C1. The zero-order valence-electron chi connectivity index (χ0n) is 10.9. The number of amides is 1. The van der Waals surface area contributed by atoms with Gasteiger partial charge in [0.1, 0.15) is 0 Å². The molecule has 0 radical (unpaired) electrons. The Morgan fingerprint density at radius 3 is 3.00 bits per heavy atom. The van der Waals surface area contributed by atoms with Gasteiger partial charge < -0.3 is 16.0 Å². The van der Waals surface area contributed by atoms with Gasteiger partial charge in [0.05, 0.1) is 10.7 Å². The number of anilines is 1. The summed E-state index contributed by atoms with van der Waals surface area (Å²) in [4.78, 5) is 14.1. The van der Waals surface area contributed by atoms with Crippen molar-refractivity contribution in [3.8, 4) is 0 Å². The molecule has 4 nitrogen and oxygen atoms in total. The Kier molecular flexibility index (Phi) is 5.19. The van der Waals surface area contributed by atoms with Crippen LogP contribution < -0.4 is 11.1 Å². The highest BCUT2D eigenvalue weighted by molar-refractivity contribution is 6.33. The normalized spacial score (nSPS) is 20.2. The van der Waals surface area contributed by atoms with Gasteiger partial charge in [-0.1, -0.05) is 23.7 Å². The fourth-order valence-electron chi connectivity index (χ4n) is 2.33. The first kappa shape index (κ1) is 14.3. The maximum Gasteiger partial charge on any atom is 0.225 e. The van der Waals surface area contributed by atoms with Crippen molar-refractivity contribution in [2.45, 2.75) is 25.3 Å². The third-order valence-electron chi connectivity index (χ3n) is 3.35. The molecule has 19 heavy (non-hydrogen) atoms. The van der Waals surface area contributed by atoms with Crippen LogP contribution in [-0.4, -0.2) is 36.5 Å². The van der Waals surface area contributed by atoms with Crippen LogP contribution in [0.25, 0.3) is 0 Å². The number of hydrogen-bond donors (Lipinski definition) is 2. The Labute approximate surface area is 118 Å². The van der Waals surface area contributed by atoms with Gasteiger partial charge in [-0.15, -0.1) is 0 Å². The van der Waals surface area contributed by atoms with Crippen LogP contribution in [0.15, 0.2) is 24.3 Å². The van der Waals surface area contributed by atoms with Crippen molar-refractivity contribution in [3.05, 3.63) is 29.3 Å². The molecular weight excluding hydrogens is 262 g/mol. The first-order valence-electron chi connectivity index (χ1n) is 6.67. The fourth-order valence-corrected chi connectivity index (χ4v) is 2.51. The van der Waals surface area contributed by atoms with Crippen molar-refractivity contribution in [3.63, 3.8) is 0 Å². The smallest absolute Gasteiger partial charge is 0.225 e. The molecule has 1 aliphatic rings. The molecule has 1 fully saturated rings. The zero-order valence-corrected chi connectivity index (χ0v) is 11.7. The summed E-state index contributed by atoms with van der Waals surface area (Å²) in [7, 11) is 0. The third kappa shape index (κ3) is 4.49. The summed E-state index contributed by atoms with van der Waals surface area (Å²) >= 11 is 5.99. The van der Waals surface area contributed by atoms with Gasteiger partial charge in [0.2, 0.25) is 5.91 Å². The van der Waals surface area contributed by atoms with E-state index in [0.717, 1.165) is 32.5 Å². The van der Waals surface area contributed by atoms with E-state index in [1.165, 1.54) is 0 Å². The van der Waals surface area contributed by atoms with E-state index in [0.29, 0.717) is 17.1 Å². The van der Waals surface area contributed by atoms with Crippen LogP contribution in [0, 0.1) is 0 Å². The molecule has 1 unspecified atom stereocenters. The number of benzene rings is 1. The molecule has 0 bridgehead atoms. The minimum absolute atomic E-state index is 0.00718. The van der Waals surface area contributed by atoms with Crippen LogP contribution in [0.2, 0.25) is 5.02 Å². The molecule has 104 valence electrons. The number of nitrogens with two attached hydrogens (primary N) is 1. The predicted octanol–water partition coefficient (Wildman–Crippen LogP) is 2.09. The van der Waals surface area contributed by atoms with E-state index in [-0.39, 0.29) is 11.9 Å². The molecule has 0 spiro atoms. The Bertz CT molecular complexity index is 438. The van der Waals surface area contributed by atoms with Crippen molar-refractivity contribution in [2.24, 2.45) is 5.73 Å². The topological polar surface area (TPSA) is 58.4 Å². The van der Waals surface area contributed by atoms with Crippen molar-refractivity contribution in [1.82, 2.24) is 4.90 Å². The average molecular weight is 282 g/mol. The predicted molar refractivity (Wildman–Crippen MR) is 78.3 cm³/mol. The Balaban J connectivity index is 1.77. The largest absolute Gasteiger partial charge is 0.327 e. The molecule has 1 heterocycles. The van der Waals surface area contributed by atoms with Gasteiger partial charge in [-0.2, -0.15) is 0 Å². The summed E-state index contributed by atoms with van der Waals surface area (Å²) in [6.07, 6.45) is 2.67. The molecule has 1 aromatic rings. The van der Waals surface area contributed by atoms with E-state index in [9.17, 15) is 4.79 Å². The Hall–Kier alpha value is -1.10. The van der Waals surface area contributed by atoms with Crippen LogP contribution in [0.3, 0.4) is 0 Å². The molecule has 0 aliphatic carbocycles. The van der Waals surface area contributed by atoms with E-state index in [1.807, 2.05) is 12.1 Å². The molecule has 1 atom stereocenters. The second-order valence-electron chi connectivity index (χ2n) is 4.98. The molecule has 1 aromatic carbocycles. The van der Waals surface area contributed by atoms with Gasteiger partial charge in [-0.25, -0.2) is 0 Å². The number of likely N-dealkylation sites (tertiary alicyclic amines) is 1. The van der Waals surface area contributed by atoms with Crippen molar-refractivity contribution < 1.29 is 4.79 Å². The number of rotatable bonds is 4. The lowest BCUT2D eigenvalue weighted by molar-refractivity contribution is -0.116. The average Bonchev–Trinajstić information content (AvgIpc) is 2.39. The fraction of sp³-hybridized carbons (Fsp3) is 0.500. The Morgan fingerprint density at radius 2 is 2.26 bits per heavy atom. The lowest BCUT2D eigenvalue weighted by Crippen LogP contribution is -2.43. The molecular formula is C14H20ClN3O. The van der Waals surface area contributed by atoms with Crippen LogP contribution >= 0.6 is 11.6 Å². The van der Waals surface area contributed by atoms with E-state index in [1.54, 1.807) is 12.1 Å². The molecule has 1 amide bonds. The lowest BCUT2D eigenvalue weighted by atomic mass is 10.1. The second-order valence-corrected chi connectivity index (χ2v) is 5.39. The van der Waals surface area contributed by atoms with Crippen LogP contribution in [0.1, 0.15) is 19.3 Å². The molecule has 0 aromatic heterocycles. The van der Waals surface area contributed by atoms with E-state index in [4.69, 9.17) is 17.3 Å². The first-order valence-corrected chi connectivity index (χ1v) is 7.05. The monoisotopic (exact) mass is 281 g/mol. The summed E-state index contributed by atoms with van der Waals surface area (Å²) in [5, 5.41) is 3.40. The molecule has 0 saturated carbocycles. The number of carbonyl (C=O) groups is 1. The van der Waals surface area contributed by atoms with Crippen molar-refractivity contribution in [2.75, 3.05) is 25.0 Å². The van der Waals surface area contributed by atoms with Crippen LogP contribution in [-0.2, 0) is 4.79 Å². The lowest BCUT2D eigenvalue weighted by Gasteiger charge is -2.30. The van der Waals surface area contributed by atoms with E-state index in [2.05, 4.69) is 10.2 Å². The van der Waals surface area contributed by atoms with Gasteiger partial charge in [-0.05, 0) is 31.5 Å². The van der Waals surface area contributed by atoms with Crippen LogP contribution in [0.5, 0.6) is 0 Å². The zero-order chi connectivity index (χ0) is 13.7.